The molecule has 8 nitrogen and oxygen atoms in total. The standard InChI is InChI=1S/C23H26N2O6S/c26-22(30-16-8-15-25-20-11-3-4-12-21(20)31-23(25)27)18-9-7-10-19(17-18)32(28,29)24-13-5-1-2-6-14-24/h3-4,7,9-12,17H,1-2,5-6,8,13-16H2. The van der Waals surface area contributed by atoms with Crippen molar-refractivity contribution in [1.29, 1.82) is 0 Å². The molecule has 0 N–H and O–H groups in total. The average molecular weight is 459 g/mol. The number of esters is 1. The van der Waals surface area contributed by atoms with Gasteiger partial charge in [0, 0.05) is 19.6 Å². The summed E-state index contributed by atoms with van der Waals surface area (Å²) in [6, 6.07) is 13.1. The van der Waals surface area contributed by atoms with E-state index in [1.807, 2.05) is 6.07 Å². The highest BCUT2D eigenvalue weighted by atomic mass is 32.2. The highest BCUT2D eigenvalue weighted by molar-refractivity contribution is 7.89. The molecule has 170 valence electrons. The fourth-order valence-electron chi connectivity index (χ4n) is 3.91. The van der Waals surface area contributed by atoms with Crippen LogP contribution in [0.15, 0.2) is 62.6 Å². The molecule has 1 fully saturated rings. The first-order chi connectivity index (χ1) is 15.5. The molecule has 0 spiro atoms. The highest BCUT2D eigenvalue weighted by Crippen LogP contribution is 2.21. The maximum Gasteiger partial charge on any atom is 0.419 e. The number of sulfonamides is 1. The van der Waals surface area contributed by atoms with Crippen molar-refractivity contribution in [2.75, 3.05) is 19.7 Å². The Labute approximate surface area is 186 Å². The first-order valence-corrected chi connectivity index (χ1v) is 12.3. The lowest BCUT2D eigenvalue weighted by Gasteiger charge is -2.20. The molecule has 1 saturated heterocycles. The molecule has 1 aliphatic heterocycles. The number of hydrogen-bond donors (Lipinski definition) is 0. The monoisotopic (exact) mass is 458 g/mol. The van der Waals surface area contributed by atoms with Gasteiger partial charge in [-0.15, -0.1) is 0 Å². The fraction of sp³-hybridized carbons (Fsp3) is 0.391. The van der Waals surface area contributed by atoms with Crippen molar-refractivity contribution >= 4 is 27.1 Å². The summed E-state index contributed by atoms with van der Waals surface area (Å²) < 4.78 is 39.5. The van der Waals surface area contributed by atoms with Crippen LogP contribution in [0.5, 0.6) is 0 Å². The van der Waals surface area contributed by atoms with Crippen molar-refractivity contribution in [2.45, 2.75) is 43.5 Å². The van der Waals surface area contributed by atoms with E-state index in [4.69, 9.17) is 9.15 Å². The summed E-state index contributed by atoms with van der Waals surface area (Å²) in [4.78, 5) is 24.6. The topological polar surface area (TPSA) is 98.8 Å². The zero-order chi connectivity index (χ0) is 22.6. The maximum atomic E-state index is 13.0. The van der Waals surface area contributed by atoms with E-state index >= 15 is 0 Å². The lowest BCUT2D eigenvalue weighted by Crippen LogP contribution is -2.32. The van der Waals surface area contributed by atoms with Gasteiger partial charge in [0.15, 0.2) is 5.58 Å². The number of carbonyl (C=O) groups excluding carboxylic acids is 1. The smallest absolute Gasteiger partial charge is 0.419 e. The lowest BCUT2D eigenvalue weighted by atomic mass is 10.2. The van der Waals surface area contributed by atoms with Gasteiger partial charge in [-0.2, -0.15) is 4.31 Å². The van der Waals surface area contributed by atoms with Gasteiger partial charge >= 0.3 is 11.7 Å². The van der Waals surface area contributed by atoms with E-state index in [0.717, 1.165) is 25.7 Å². The number of hydrogen-bond acceptors (Lipinski definition) is 6. The van der Waals surface area contributed by atoms with Gasteiger partial charge in [-0.25, -0.2) is 18.0 Å². The number of oxazole rings is 1. The SMILES string of the molecule is O=C(OCCCn1c(=O)oc2ccccc21)c1cccc(S(=O)(=O)N2CCCCCC2)c1. The summed E-state index contributed by atoms with van der Waals surface area (Å²) in [5.41, 5.74) is 1.39. The first-order valence-electron chi connectivity index (χ1n) is 10.8. The number of ether oxygens (including phenoxy) is 1. The number of nitrogens with zero attached hydrogens (tertiary/aromatic N) is 2. The van der Waals surface area contributed by atoms with Gasteiger partial charge in [0.05, 0.1) is 22.6 Å². The Morgan fingerprint density at radius 2 is 1.75 bits per heavy atom. The van der Waals surface area contributed by atoms with Crippen LogP contribution in [0.4, 0.5) is 0 Å². The molecular weight excluding hydrogens is 432 g/mol. The van der Waals surface area contributed by atoms with Crippen molar-refractivity contribution in [3.05, 3.63) is 64.6 Å². The van der Waals surface area contributed by atoms with E-state index in [2.05, 4.69) is 0 Å². The zero-order valence-corrected chi connectivity index (χ0v) is 18.6. The third kappa shape index (κ3) is 4.78. The molecule has 0 aliphatic carbocycles. The summed E-state index contributed by atoms with van der Waals surface area (Å²) in [6.07, 6.45) is 4.16. The van der Waals surface area contributed by atoms with Crippen LogP contribution in [0.3, 0.4) is 0 Å². The number of aromatic nitrogens is 1. The van der Waals surface area contributed by atoms with E-state index in [9.17, 15) is 18.0 Å². The van der Waals surface area contributed by atoms with Crippen molar-refractivity contribution in [3.63, 3.8) is 0 Å². The molecular formula is C23H26N2O6S. The number of rotatable bonds is 7. The zero-order valence-electron chi connectivity index (χ0n) is 17.7. The predicted molar refractivity (Wildman–Crippen MR) is 119 cm³/mol. The molecule has 2 aromatic carbocycles. The largest absolute Gasteiger partial charge is 0.462 e. The van der Waals surface area contributed by atoms with Crippen LogP contribution in [0.1, 0.15) is 42.5 Å². The maximum absolute atomic E-state index is 13.0. The van der Waals surface area contributed by atoms with E-state index in [1.165, 1.54) is 27.1 Å². The van der Waals surface area contributed by atoms with E-state index in [1.54, 1.807) is 24.3 Å². The molecule has 2 heterocycles. The minimum absolute atomic E-state index is 0.0912. The number of fused-ring (bicyclic) bond motifs is 1. The predicted octanol–water partition coefficient (Wildman–Crippen LogP) is 3.41. The average Bonchev–Trinajstić information content (AvgIpc) is 2.96. The minimum atomic E-state index is -3.64. The Hall–Kier alpha value is -2.91. The molecule has 0 saturated carbocycles. The van der Waals surface area contributed by atoms with Crippen LogP contribution in [-0.4, -0.2) is 43.0 Å². The second-order valence-electron chi connectivity index (χ2n) is 7.82. The molecule has 1 aliphatic rings. The van der Waals surface area contributed by atoms with Gasteiger partial charge in [0.1, 0.15) is 0 Å². The fourth-order valence-corrected chi connectivity index (χ4v) is 5.47. The van der Waals surface area contributed by atoms with E-state index in [0.29, 0.717) is 37.2 Å². The molecule has 32 heavy (non-hydrogen) atoms. The van der Waals surface area contributed by atoms with Gasteiger partial charge in [-0.05, 0) is 49.6 Å². The second kappa shape index (κ2) is 9.70. The molecule has 0 bridgehead atoms. The van der Waals surface area contributed by atoms with Crippen LogP contribution in [0.2, 0.25) is 0 Å². The van der Waals surface area contributed by atoms with E-state index < -0.39 is 21.7 Å². The van der Waals surface area contributed by atoms with Crippen LogP contribution < -0.4 is 5.76 Å². The van der Waals surface area contributed by atoms with Gasteiger partial charge in [-0.3, -0.25) is 4.57 Å². The van der Waals surface area contributed by atoms with Crippen LogP contribution in [0, 0.1) is 0 Å². The summed E-state index contributed by atoms with van der Waals surface area (Å²) in [6.45, 7) is 1.43. The van der Waals surface area contributed by atoms with Crippen LogP contribution >= 0.6 is 0 Å². The van der Waals surface area contributed by atoms with Crippen molar-refractivity contribution < 1.29 is 22.4 Å². The van der Waals surface area contributed by atoms with Gasteiger partial charge in [-0.1, -0.05) is 31.0 Å². The summed E-state index contributed by atoms with van der Waals surface area (Å²) in [5, 5.41) is 0. The number of carbonyl (C=O) groups is 1. The Kier molecular flexibility index (Phi) is 6.76. The highest BCUT2D eigenvalue weighted by Gasteiger charge is 2.26. The molecule has 3 aromatic rings. The molecule has 1 aromatic heterocycles. The first kappa shape index (κ1) is 22.3. The molecule has 0 atom stereocenters. The van der Waals surface area contributed by atoms with Crippen molar-refractivity contribution in [1.82, 2.24) is 8.87 Å². The normalized spacial score (nSPS) is 15.5. The summed E-state index contributed by atoms with van der Waals surface area (Å²) in [5.74, 6) is -1.05. The summed E-state index contributed by atoms with van der Waals surface area (Å²) in [7, 11) is -3.64. The van der Waals surface area contributed by atoms with Crippen LogP contribution in [0.25, 0.3) is 11.1 Å². The van der Waals surface area contributed by atoms with Crippen molar-refractivity contribution in [3.8, 4) is 0 Å². The number of para-hydroxylation sites is 2. The Balaban J connectivity index is 1.37. The van der Waals surface area contributed by atoms with Gasteiger partial charge in [0.2, 0.25) is 10.0 Å². The van der Waals surface area contributed by atoms with E-state index in [-0.39, 0.29) is 17.1 Å². The molecule has 4 rings (SSSR count). The second-order valence-corrected chi connectivity index (χ2v) is 9.76. The number of benzene rings is 2. The molecule has 9 heteroatoms. The third-order valence-corrected chi connectivity index (χ3v) is 7.50. The molecule has 0 unspecified atom stereocenters. The Morgan fingerprint density at radius 1 is 1.00 bits per heavy atom. The quantitative estimate of drug-likeness (QED) is 0.397. The molecule has 0 amide bonds. The summed E-state index contributed by atoms with van der Waals surface area (Å²) >= 11 is 0. The molecule has 0 radical (unpaired) electrons. The number of aryl methyl sites for hydroxylation is 1. The minimum Gasteiger partial charge on any atom is -0.462 e. The Morgan fingerprint density at radius 3 is 2.53 bits per heavy atom. The third-order valence-electron chi connectivity index (χ3n) is 5.61. The van der Waals surface area contributed by atoms with Crippen LogP contribution in [-0.2, 0) is 21.3 Å². The Bertz CT molecular complexity index is 1250. The van der Waals surface area contributed by atoms with Gasteiger partial charge in [0.25, 0.3) is 0 Å². The van der Waals surface area contributed by atoms with Gasteiger partial charge < -0.3 is 9.15 Å². The lowest BCUT2D eigenvalue weighted by molar-refractivity contribution is 0.0495. The van der Waals surface area contributed by atoms with Crippen molar-refractivity contribution in [2.24, 2.45) is 0 Å².